The first-order valence-corrected chi connectivity index (χ1v) is 6.46. The molecule has 1 aliphatic rings. The molecule has 3 N–H and O–H groups in total. The number of carbonyl (C=O) groups is 1. The van der Waals surface area contributed by atoms with Gasteiger partial charge in [-0.2, -0.15) is 0 Å². The first-order chi connectivity index (χ1) is 9.56. The molecule has 0 bridgehead atoms. The molecule has 21 heavy (non-hydrogen) atoms. The van der Waals surface area contributed by atoms with E-state index < -0.39 is 4.92 Å². The van der Waals surface area contributed by atoms with Gasteiger partial charge < -0.3 is 15.8 Å². The maximum absolute atomic E-state index is 11.5. The highest BCUT2D eigenvalue weighted by Crippen LogP contribution is 2.31. The van der Waals surface area contributed by atoms with Crippen molar-refractivity contribution in [2.75, 3.05) is 13.2 Å². The van der Waals surface area contributed by atoms with Crippen LogP contribution >= 0.6 is 12.4 Å². The van der Waals surface area contributed by atoms with Crippen LogP contribution < -0.4 is 15.8 Å². The maximum Gasteiger partial charge on any atom is 0.269 e. The summed E-state index contributed by atoms with van der Waals surface area (Å²) >= 11 is 0. The van der Waals surface area contributed by atoms with Crippen molar-refractivity contribution in [2.45, 2.75) is 18.9 Å². The molecule has 1 unspecified atom stereocenters. The summed E-state index contributed by atoms with van der Waals surface area (Å²) in [5, 5.41) is 13.2. The van der Waals surface area contributed by atoms with E-state index in [0.29, 0.717) is 18.2 Å². The summed E-state index contributed by atoms with van der Waals surface area (Å²) in [5.74, 6) is 0.697. The Morgan fingerprint density at radius 3 is 2.57 bits per heavy atom. The molecule has 116 valence electrons. The van der Waals surface area contributed by atoms with E-state index in [2.05, 4.69) is 5.32 Å². The largest absolute Gasteiger partial charge is 0.484 e. The third kappa shape index (κ3) is 5.57. The van der Waals surface area contributed by atoms with Crippen LogP contribution in [0, 0.1) is 16.0 Å². The van der Waals surface area contributed by atoms with Gasteiger partial charge in [-0.25, -0.2) is 0 Å². The second-order valence-electron chi connectivity index (χ2n) is 4.85. The van der Waals surface area contributed by atoms with Gasteiger partial charge in [-0.3, -0.25) is 14.9 Å². The fraction of sp³-hybridized carbons (Fsp3) is 0.462. The summed E-state index contributed by atoms with van der Waals surface area (Å²) in [6.45, 7) is 0.322. The lowest BCUT2D eigenvalue weighted by Gasteiger charge is -2.12. The SMILES string of the molecule is Cl.NC(CNC(=O)COc1ccc([N+](=O)[O-])cc1)C1CC1. The van der Waals surface area contributed by atoms with E-state index in [1.54, 1.807) is 0 Å². The monoisotopic (exact) mass is 315 g/mol. The zero-order chi connectivity index (χ0) is 14.5. The average molecular weight is 316 g/mol. The number of amides is 1. The van der Waals surface area contributed by atoms with Crippen molar-refractivity contribution in [3.05, 3.63) is 34.4 Å². The van der Waals surface area contributed by atoms with E-state index in [1.807, 2.05) is 0 Å². The minimum Gasteiger partial charge on any atom is -0.484 e. The van der Waals surface area contributed by atoms with E-state index in [4.69, 9.17) is 10.5 Å². The minimum absolute atomic E-state index is 0. The van der Waals surface area contributed by atoms with E-state index in [1.165, 1.54) is 24.3 Å². The van der Waals surface area contributed by atoms with Crippen molar-refractivity contribution in [2.24, 2.45) is 11.7 Å². The van der Waals surface area contributed by atoms with Gasteiger partial charge in [0.05, 0.1) is 4.92 Å². The van der Waals surface area contributed by atoms with Gasteiger partial charge in [-0.1, -0.05) is 0 Å². The molecule has 0 aromatic heterocycles. The lowest BCUT2D eigenvalue weighted by Crippen LogP contribution is -2.40. The number of nitro groups is 1. The third-order valence-electron chi connectivity index (χ3n) is 3.18. The van der Waals surface area contributed by atoms with Crippen molar-refractivity contribution >= 4 is 24.0 Å². The van der Waals surface area contributed by atoms with E-state index in [0.717, 1.165) is 12.8 Å². The Morgan fingerprint density at radius 2 is 2.05 bits per heavy atom. The van der Waals surface area contributed by atoms with Crippen LogP contribution in [0.4, 0.5) is 5.69 Å². The van der Waals surface area contributed by atoms with Crippen molar-refractivity contribution in [3.8, 4) is 5.75 Å². The summed E-state index contributed by atoms with van der Waals surface area (Å²) in [7, 11) is 0. The van der Waals surface area contributed by atoms with Crippen LogP contribution in [0.5, 0.6) is 5.75 Å². The number of rotatable bonds is 7. The highest BCUT2D eigenvalue weighted by atomic mass is 35.5. The third-order valence-corrected chi connectivity index (χ3v) is 3.18. The van der Waals surface area contributed by atoms with Gasteiger partial charge in [0, 0.05) is 24.7 Å². The number of ether oxygens (including phenoxy) is 1. The number of nitrogens with two attached hydrogens (primary N) is 1. The van der Waals surface area contributed by atoms with E-state index in [-0.39, 0.29) is 36.7 Å². The van der Waals surface area contributed by atoms with Crippen molar-refractivity contribution in [1.29, 1.82) is 0 Å². The number of benzene rings is 1. The molecule has 1 aromatic rings. The summed E-state index contributed by atoms with van der Waals surface area (Å²) in [4.78, 5) is 21.5. The Bertz CT molecular complexity index is 491. The molecule has 7 nitrogen and oxygen atoms in total. The van der Waals surface area contributed by atoms with Gasteiger partial charge in [0.25, 0.3) is 11.6 Å². The van der Waals surface area contributed by atoms with Gasteiger partial charge in [0.15, 0.2) is 6.61 Å². The highest BCUT2D eigenvalue weighted by molar-refractivity contribution is 5.85. The molecule has 1 atom stereocenters. The normalized spacial score (nSPS) is 14.7. The number of hydrogen-bond acceptors (Lipinski definition) is 5. The molecule has 0 spiro atoms. The van der Waals surface area contributed by atoms with Crippen LogP contribution in [-0.4, -0.2) is 30.0 Å². The number of carbonyl (C=O) groups excluding carboxylic acids is 1. The Kier molecular flexibility index (Phi) is 6.39. The number of halogens is 1. The van der Waals surface area contributed by atoms with Crippen LogP contribution in [0.25, 0.3) is 0 Å². The summed E-state index contributed by atoms with van der Waals surface area (Å²) in [5.41, 5.74) is 5.84. The molecule has 1 aromatic carbocycles. The quantitative estimate of drug-likeness (QED) is 0.581. The van der Waals surface area contributed by atoms with Gasteiger partial charge in [0.2, 0.25) is 0 Å². The molecule has 0 heterocycles. The zero-order valence-corrected chi connectivity index (χ0v) is 12.2. The maximum atomic E-state index is 11.5. The van der Waals surface area contributed by atoms with Crippen LogP contribution in [0.1, 0.15) is 12.8 Å². The number of non-ortho nitro benzene ring substituents is 1. The highest BCUT2D eigenvalue weighted by Gasteiger charge is 2.28. The molecule has 1 amide bonds. The van der Waals surface area contributed by atoms with Crippen molar-refractivity contribution in [3.63, 3.8) is 0 Å². The standard InChI is InChI=1S/C13H17N3O4.ClH/c14-12(9-1-2-9)7-15-13(17)8-20-11-5-3-10(4-6-11)16(18)19;/h3-6,9,12H,1-2,7-8,14H2,(H,15,17);1H. The summed E-state index contributed by atoms with van der Waals surface area (Å²) in [6.07, 6.45) is 2.27. The van der Waals surface area contributed by atoms with Crippen molar-refractivity contribution in [1.82, 2.24) is 5.32 Å². The lowest BCUT2D eigenvalue weighted by atomic mass is 10.2. The summed E-state index contributed by atoms with van der Waals surface area (Å²) < 4.78 is 5.24. The predicted molar refractivity (Wildman–Crippen MR) is 79.5 cm³/mol. The fourth-order valence-corrected chi connectivity index (χ4v) is 1.79. The topological polar surface area (TPSA) is 107 Å². The number of hydrogen-bond donors (Lipinski definition) is 2. The fourth-order valence-electron chi connectivity index (χ4n) is 1.79. The number of nitrogens with one attached hydrogen (secondary N) is 1. The molecule has 8 heteroatoms. The molecule has 1 fully saturated rings. The van der Waals surface area contributed by atoms with Crippen LogP contribution in [-0.2, 0) is 4.79 Å². The Balaban J connectivity index is 0.00000220. The molecule has 2 rings (SSSR count). The first kappa shape index (κ1) is 17.2. The average Bonchev–Trinajstić information content (AvgIpc) is 3.27. The predicted octanol–water partition coefficient (Wildman–Crippen LogP) is 1.25. The first-order valence-electron chi connectivity index (χ1n) is 6.46. The molecular weight excluding hydrogens is 298 g/mol. The molecule has 0 saturated heterocycles. The second kappa shape index (κ2) is 7.80. The molecular formula is C13H18ClN3O4. The van der Waals surface area contributed by atoms with Gasteiger partial charge in [-0.15, -0.1) is 12.4 Å². The van der Waals surface area contributed by atoms with Crippen LogP contribution in [0.2, 0.25) is 0 Å². The van der Waals surface area contributed by atoms with E-state index >= 15 is 0 Å². The summed E-state index contributed by atoms with van der Waals surface area (Å²) in [6, 6.07) is 5.59. The molecule has 0 radical (unpaired) electrons. The second-order valence-corrected chi connectivity index (χ2v) is 4.85. The smallest absolute Gasteiger partial charge is 0.269 e. The molecule has 0 aliphatic heterocycles. The van der Waals surface area contributed by atoms with Gasteiger partial charge >= 0.3 is 0 Å². The number of nitrogens with zero attached hydrogens (tertiary/aromatic N) is 1. The van der Waals surface area contributed by atoms with Crippen LogP contribution in [0.15, 0.2) is 24.3 Å². The zero-order valence-electron chi connectivity index (χ0n) is 11.4. The Morgan fingerprint density at radius 1 is 1.43 bits per heavy atom. The molecule has 1 saturated carbocycles. The lowest BCUT2D eigenvalue weighted by molar-refractivity contribution is -0.384. The van der Waals surface area contributed by atoms with Gasteiger partial charge in [0.1, 0.15) is 5.75 Å². The Hall–Kier alpha value is -1.86. The van der Waals surface area contributed by atoms with Crippen LogP contribution in [0.3, 0.4) is 0 Å². The Labute approximate surface area is 128 Å². The molecule has 1 aliphatic carbocycles. The van der Waals surface area contributed by atoms with E-state index in [9.17, 15) is 14.9 Å². The number of nitro benzene ring substituents is 1. The van der Waals surface area contributed by atoms with Gasteiger partial charge in [-0.05, 0) is 30.9 Å². The minimum atomic E-state index is -0.490. The van der Waals surface area contributed by atoms with Crippen molar-refractivity contribution < 1.29 is 14.5 Å².